The average molecular weight is 526 g/mol. The summed E-state index contributed by atoms with van der Waals surface area (Å²) in [5.74, 6) is 0.315. The van der Waals surface area contributed by atoms with Crippen molar-refractivity contribution in [3.8, 4) is 11.3 Å². The number of benzene rings is 2. The molecule has 0 atom stereocenters. The van der Waals surface area contributed by atoms with Gasteiger partial charge in [0.25, 0.3) is 0 Å². The summed E-state index contributed by atoms with van der Waals surface area (Å²) in [6.45, 7) is 8.73. The van der Waals surface area contributed by atoms with Crippen LogP contribution in [-0.2, 0) is 21.1 Å². The second-order valence-corrected chi connectivity index (χ2v) is 5.06. The first-order valence-electron chi connectivity index (χ1n) is 8.15. The predicted molar refractivity (Wildman–Crippen MR) is 105 cm³/mol. The summed E-state index contributed by atoms with van der Waals surface area (Å²) in [6.07, 6.45) is 3.70. The van der Waals surface area contributed by atoms with E-state index in [-0.39, 0.29) is 21.1 Å². The molecule has 1 heterocycles. The van der Waals surface area contributed by atoms with Crippen molar-refractivity contribution in [2.75, 3.05) is 0 Å². The normalized spacial score (nSPS) is 8.73. The van der Waals surface area contributed by atoms with Crippen LogP contribution in [0, 0.1) is 26.0 Å². The van der Waals surface area contributed by atoms with E-state index in [1.54, 1.807) is 19.2 Å². The number of hydrogen-bond donors (Lipinski definition) is 0. The fourth-order valence-electron chi connectivity index (χ4n) is 1.69. The second-order valence-electron chi connectivity index (χ2n) is 5.06. The molecular formula is C23H24NOPt+. The van der Waals surface area contributed by atoms with E-state index in [1.807, 2.05) is 60.7 Å². The molecule has 0 saturated heterocycles. The van der Waals surface area contributed by atoms with E-state index < -0.39 is 0 Å². The SMILES string of the molecule is CC(=[OH+])c1[c-]cccc1.[CH2-]CC[CH2-].[Pt+4].[c-]1ccccc1-c1ccccn1. The van der Waals surface area contributed by atoms with Gasteiger partial charge in [-0.2, -0.15) is 0 Å². The number of unbranched alkanes of at least 4 members (excludes halogenated alkanes) is 1. The Balaban J connectivity index is 0.000000399. The second kappa shape index (κ2) is 15.2. The first-order chi connectivity index (χ1) is 12.2. The molecule has 3 aromatic rings. The zero-order valence-electron chi connectivity index (χ0n) is 15.0. The van der Waals surface area contributed by atoms with Crippen LogP contribution in [0.4, 0.5) is 0 Å². The third-order valence-electron chi connectivity index (χ3n) is 3.00. The van der Waals surface area contributed by atoms with Crippen molar-refractivity contribution < 1.29 is 25.9 Å². The molecular weight excluding hydrogens is 501 g/mol. The Hall–Kier alpha value is -2.05. The maximum atomic E-state index is 8.91. The monoisotopic (exact) mass is 525 g/mol. The molecule has 1 aromatic heterocycles. The number of hydrogen-bond acceptors (Lipinski definition) is 1. The molecule has 0 spiro atoms. The predicted octanol–water partition coefficient (Wildman–Crippen LogP) is 5.38. The van der Waals surface area contributed by atoms with Crippen molar-refractivity contribution in [1.82, 2.24) is 4.98 Å². The Kier molecular flexibility index (Phi) is 14.0. The molecule has 0 radical (unpaired) electrons. The zero-order chi connectivity index (χ0) is 18.3. The van der Waals surface area contributed by atoms with Crippen molar-refractivity contribution >= 4 is 5.78 Å². The van der Waals surface area contributed by atoms with Crippen LogP contribution < -0.4 is 0 Å². The molecule has 0 aliphatic heterocycles. The summed E-state index contributed by atoms with van der Waals surface area (Å²) < 4.78 is 0. The smallest absolute Gasteiger partial charge is 0.346 e. The van der Waals surface area contributed by atoms with Gasteiger partial charge in [0.15, 0.2) is 0 Å². The number of carbonyl (C=O) groups excluding carboxylic acids is 1. The molecule has 0 bridgehead atoms. The molecule has 0 amide bonds. The zero-order valence-corrected chi connectivity index (χ0v) is 17.2. The van der Waals surface area contributed by atoms with E-state index in [2.05, 4.69) is 31.0 Å². The Labute approximate surface area is 172 Å². The average Bonchev–Trinajstić information content (AvgIpc) is 2.71. The Morgan fingerprint density at radius 2 is 1.54 bits per heavy atom. The van der Waals surface area contributed by atoms with Gasteiger partial charge in [-0.1, -0.05) is 17.7 Å². The maximum absolute atomic E-state index is 8.91. The van der Waals surface area contributed by atoms with Gasteiger partial charge in [0.05, 0.1) is 0 Å². The Morgan fingerprint density at radius 1 is 0.923 bits per heavy atom. The van der Waals surface area contributed by atoms with Crippen LogP contribution in [0.5, 0.6) is 0 Å². The number of pyridine rings is 1. The van der Waals surface area contributed by atoms with Gasteiger partial charge in [0.1, 0.15) is 0 Å². The minimum atomic E-state index is 0. The summed E-state index contributed by atoms with van der Waals surface area (Å²) in [5, 5.41) is 0. The van der Waals surface area contributed by atoms with Crippen LogP contribution >= 0.6 is 0 Å². The number of nitrogens with zero attached hydrogens (tertiary/aromatic N) is 1. The van der Waals surface area contributed by atoms with Gasteiger partial charge in [-0.3, -0.25) is 0 Å². The van der Waals surface area contributed by atoms with Crippen molar-refractivity contribution in [3.63, 3.8) is 0 Å². The van der Waals surface area contributed by atoms with E-state index in [9.17, 15) is 0 Å². The van der Waals surface area contributed by atoms with Crippen LogP contribution in [0.25, 0.3) is 11.3 Å². The van der Waals surface area contributed by atoms with Gasteiger partial charge in [0, 0.05) is 13.1 Å². The van der Waals surface area contributed by atoms with Crippen LogP contribution in [0.3, 0.4) is 0 Å². The van der Waals surface area contributed by atoms with E-state index in [1.165, 1.54) is 0 Å². The molecule has 3 heteroatoms. The first-order valence-corrected chi connectivity index (χ1v) is 8.15. The van der Waals surface area contributed by atoms with Crippen molar-refractivity contribution in [3.05, 3.63) is 104 Å². The summed E-state index contributed by atoms with van der Waals surface area (Å²) in [7, 11) is 0. The topological polar surface area (TPSA) is 34.3 Å². The summed E-state index contributed by atoms with van der Waals surface area (Å²) >= 11 is 0. The van der Waals surface area contributed by atoms with Gasteiger partial charge in [-0.05, 0) is 11.8 Å². The van der Waals surface area contributed by atoms with Crippen LogP contribution in [0.15, 0.2) is 72.9 Å². The maximum Gasteiger partial charge on any atom is 4.00 e. The van der Waals surface area contributed by atoms with Gasteiger partial charge in [-0.25, -0.2) is 12.8 Å². The summed E-state index contributed by atoms with van der Waals surface area (Å²) in [5.41, 5.74) is 2.77. The molecule has 0 saturated carbocycles. The molecule has 26 heavy (non-hydrogen) atoms. The standard InChI is InChI=1S/C11H8N.C8H7O.C4H8.Pt/c1-2-6-10(7-3-1)11-8-4-5-9-12-11;1-7(9)8-5-3-2-4-6-8;1-3-4-2;/h1-6,8-9H;2-5H,1H3;1-4H2;/q2*-1;-2;+4/p+1. The Morgan fingerprint density at radius 3 is 1.92 bits per heavy atom. The fraction of sp³-hybridized carbons (Fsp3) is 0.130. The molecule has 3 rings (SSSR count). The third kappa shape index (κ3) is 10.1. The van der Waals surface area contributed by atoms with Crippen LogP contribution in [-0.4, -0.2) is 15.6 Å². The van der Waals surface area contributed by atoms with Crippen LogP contribution in [0.1, 0.15) is 25.3 Å². The molecule has 0 unspecified atom stereocenters. The summed E-state index contributed by atoms with van der Waals surface area (Å²) in [6, 6.07) is 27.0. The van der Waals surface area contributed by atoms with Gasteiger partial charge < -0.3 is 23.6 Å². The summed E-state index contributed by atoms with van der Waals surface area (Å²) in [4.78, 5) is 13.1. The number of rotatable bonds is 3. The van der Waals surface area contributed by atoms with Crippen LogP contribution in [0.2, 0.25) is 0 Å². The molecule has 0 fully saturated rings. The van der Waals surface area contributed by atoms with E-state index in [4.69, 9.17) is 4.79 Å². The fourth-order valence-corrected chi connectivity index (χ4v) is 1.69. The molecule has 0 aliphatic rings. The molecule has 0 aliphatic carbocycles. The van der Waals surface area contributed by atoms with Crippen molar-refractivity contribution in [1.29, 1.82) is 0 Å². The third-order valence-corrected chi connectivity index (χ3v) is 3.00. The first kappa shape index (κ1) is 23.9. The largest absolute Gasteiger partial charge is 4.00 e. The number of aromatic nitrogens is 1. The number of ketones is 1. The molecule has 136 valence electrons. The van der Waals surface area contributed by atoms with Gasteiger partial charge in [0.2, 0.25) is 5.78 Å². The van der Waals surface area contributed by atoms with E-state index >= 15 is 0 Å². The van der Waals surface area contributed by atoms with Crippen molar-refractivity contribution in [2.45, 2.75) is 19.8 Å². The quantitative estimate of drug-likeness (QED) is 0.257. The van der Waals surface area contributed by atoms with E-state index in [0.717, 1.165) is 29.7 Å². The minimum Gasteiger partial charge on any atom is -0.346 e. The molecule has 2 nitrogen and oxygen atoms in total. The Bertz CT molecular complexity index is 661. The van der Waals surface area contributed by atoms with Crippen molar-refractivity contribution in [2.24, 2.45) is 0 Å². The molecule has 2 aromatic carbocycles. The van der Waals surface area contributed by atoms with Gasteiger partial charge >= 0.3 is 21.1 Å². The van der Waals surface area contributed by atoms with E-state index in [0.29, 0.717) is 5.78 Å². The molecule has 1 N–H and O–H groups in total. The minimum absolute atomic E-state index is 0. The van der Waals surface area contributed by atoms with Gasteiger partial charge in [-0.15, -0.1) is 66.2 Å².